The van der Waals surface area contributed by atoms with Crippen molar-refractivity contribution in [2.45, 2.75) is 13.1 Å². The van der Waals surface area contributed by atoms with Crippen LogP contribution in [0.15, 0.2) is 134 Å². The molecule has 0 atom stereocenters. The first-order valence-corrected chi connectivity index (χ1v) is 17.9. The van der Waals surface area contributed by atoms with Crippen molar-refractivity contribution in [2.24, 2.45) is 0 Å². The second-order valence-corrected chi connectivity index (χ2v) is 16.5. The minimum atomic E-state index is -1.92. The van der Waals surface area contributed by atoms with E-state index in [1.807, 2.05) is 12.4 Å². The molecule has 0 saturated heterocycles. The van der Waals surface area contributed by atoms with E-state index in [1.54, 1.807) is 0 Å². The summed E-state index contributed by atoms with van der Waals surface area (Å²) in [6.07, 6.45) is 3.91. The van der Waals surface area contributed by atoms with Crippen molar-refractivity contribution in [2.75, 3.05) is 0 Å². The fourth-order valence-electron chi connectivity index (χ4n) is 7.52. The predicted molar refractivity (Wildman–Crippen MR) is 185 cm³/mol. The Labute approximate surface area is 251 Å². The zero-order chi connectivity index (χ0) is 28.7. The molecule has 0 radical (unpaired) electrons. The molecule has 0 N–H and O–H groups in total. The molecule has 2 aromatic heterocycles. The van der Waals surface area contributed by atoms with E-state index in [0.717, 1.165) is 11.4 Å². The summed E-state index contributed by atoms with van der Waals surface area (Å²) in [7, 11) is -1.92. The van der Waals surface area contributed by atoms with Gasteiger partial charge in [0.25, 0.3) is 0 Å². The summed E-state index contributed by atoms with van der Waals surface area (Å²) < 4.78 is 0. The molecule has 0 unspecified atom stereocenters. The lowest BCUT2D eigenvalue weighted by atomic mass is 9.85. The first kappa shape index (κ1) is 24.5. The molecule has 6 aromatic carbocycles. The van der Waals surface area contributed by atoms with Crippen LogP contribution in [0.4, 0.5) is 0 Å². The summed E-state index contributed by atoms with van der Waals surface area (Å²) in [5.74, 6) is 0. The third-order valence-corrected chi connectivity index (χ3v) is 13.1. The van der Waals surface area contributed by atoms with E-state index in [-0.39, 0.29) is 0 Å². The standard InChI is InChI=1S/C40H28N2Si/c1-43(2)35-18-10-9-15-29(35)32-23-33-34(24-36(32)43)38(40-28-14-6-4-12-26(28)20-22-42-40)31-17-8-7-16-30(31)37(33)39-27-13-5-3-11-25(27)19-21-41-39/h3-24H,1-2H3. The van der Waals surface area contributed by atoms with Crippen LogP contribution in [0.25, 0.3) is 76.7 Å². The van der Waals surface area contributed by atoms with Crippen LogP contribution in [0.1, 0.15) is 0 Å². The summed E-state index contributed by atoms with van der Waals surface area (Å²) >= 11 is 0. The molecule has 0 spiro atoms. The molecule has 0 bridgehead atoms. The quantitative estimate of drug-likeness (QED) is 0.154. The number of fused-ring (bicyclic) bond motifs is 7. The molecule has 9 rings (SSSR count). The highest BCUT2D eigenvalue weighted by atomic mass is 28.3. The maximum Gasteiger partial charge on any atom is 0.113 e. The number of rotatable bonds is 2. The van der Waals surface area contributed by atoms with Gasteiger partial charge in [-0.15, -0.1) is 0 Å². The highest BCUT2D eigenvalue weighted by molar-refractivity contribution is 7.04. The molecule has 0 amide bonds. The lowest BCUT2D eigenvalue weighted by Crippen LogP contribution is -2.49. The predicted octanol–water partition coefficient (Wildman–Crippen LogP) is 9.23. The third kappa shape index (κ3) is 3.40. The Morgan fingerprint density at radius 1 is 0.419 bits per heavy atom. The lowest BCUT2D eigenvalue weighted by Gasteiger charge is -2.22. The topological polar surface area (TPSA) is 25.8 Å². The van der Waals surface area contributed by atoms with E-state index in [9.17, 15) is 0 Å². The van der Waals surface area contributed by atoms with Gasteiger partial charge in [0.05, 0.1) is 11.4 Å². The Kier molecular flexibility index (Phi) is 5.09. The van der Waals surface area contributed by atoms with Gasteiger partial charge in [-0.2, -0.15) is 0 Å². The van der Waals surface area contributed by atoms with Crippen LogP contribution in [-0.2, 0) is 0 Å². The van der Waals surface area contributed by atoms with Gasteiger partial charge in [0, 0.05) is 34.3 Å². The second-order valence-electron chi connectivity index (χ2n) is 12.2. The van der Waals surface area contributed by atoms with E-state index in [0.29, 0.717) is 0 Å². The molecule has 2 nitrogen and oxygen atoms in total. The van der Waals surface area contributed by atoms with Gasteiger partial charge < -0.3 is 0 Å². The highest BCUT2D eigenvalue weighted by Crippen LogP contribution is 2.47. The van der Waals surface area contributed by atoms with Gasteiger partial charge in [0.1, 0.15) is 8.07 Å². The van der Waals surface area contributed by atoms with Crippen molar-refractivity contribution >= 4 is 61.5 Å². The number of nitrogens with zero attached hydrogens (tertiary/aromatic N) is 2. The second kappa shape index (κ2) is 8.94. The van der Waals surface area contributed by atoms with E-state index in [2.05, 4.69) is 134 Å². The number of hydrogen-bond acceptors (Lipinski definition) is 2. The average molecular weight is 565 g/mol. The summed E-state index contributed by atoms with van der Waals surface area (Å²) in [5, 5.41) is 12.6. The largest absolute Gasteiger partial charge is 0.256 e. The highest BCUT2D eigenvalue weighted by Gasteiger charge is 2.38. The molecule has 43 heavy (non-hydrogen) atoms. The van der Waals surface area contributed by atoms with Crippen LogP contribution in [0.3, 0.4) is 0 Å². The van der Waals surface area contributed by atoms with Crippen LogP contribution in [0, 0.1) is 0 Å². The molecule has 0 aliphatic carbocycles. The van der Waals surface area contributed by atoms with Crippen molar-refractivity contribution in [1.29, 1.82) is 0 Å². The molecule has 1 aliphatic heterocycles. The normalized spacial score (nSPS) is 13.5. The molecule has 3 heterocycles. The molecular weight excluding hydrogens is 537 g/mol. The summed E-state index contributed by atoms with van der Waals surface area (Å²) in [6.45, 7) is 4.99. The maximum atomic E-state index is 5.09. The zero-order valence-electron chi connectivity index (χ0n) is 24.1. The Morgan fingerprint density at radius 2 is 0.907 bits per heavy atom. The molecule has 202 valence electrons. The van der Waals surface area contributed by atoms with Crippen LogP contribution in [-0.4, -0.2) is 18.0 Å². The van der Waals surface area contributed by atoms with Crippen molar-refractivity contribution in [3.8, 4) is 33.6 Å². The fourth-order valence-corrected chi connectivity index (χ4v) is 10.6. The maximum absolute atomic E-state index is 5.09. The number of aromatic nitrogens is 2. The Hall–Kier alpha value is -5.12. The minimum Gasteiger partial charge on any atom is -0.256 e. The molecule has 0 fully saturated rings. The average Bonchev–Trinajstić information content (AvgIpc) is 3.28. The Balaban J connectivity index is 1.53. The monoisotopic (exact) mass is 564 g/mol. The molecular formula is C40H28N2Si. The first-order valence-electron chi connectivity index (χ1n) is 14.9. The van der Waals surface area contributed by atoms with Crippen LogP contribution in [0.2, 0.25) is 13.1 Å². The number of benzene rings is 6. The van der Waals surface area contributed by atoms with Crippen molar-refractivity contribution in [1.82, 2.24) is 9.97 Å². The molecule has 1 aliphatic rings. The first-order chi connectivity index (χ1) is 21.1. The SMILES string of the molecule is C[Si]1(C)c2ccccc2-c2cc3c(-c4nccc5ccccc45)c4ccccc4c(-c4nccc5ccccc45)c3cc21. The summed E-state index contributed by atoms with van der Waals surface area (Å²) in [6, 6.07) is 44.4. The van der Waals surface area contributed by atoms with E-state index in [1.165, 1.54) is 75.7 Å². The lowest BCUT2D eigenvalue weighted by molar-refractivity contribution is 1.36. The number of hydrogen-bond donors (Lipinski definition) is 0. The van der Waals surface area contributed by atoms with Crippen LogP contribution < -0.4 is 10.4 Å². The third-order valence-electron chi connectivity index (χ3n) is 9.55. The smallest absolute Gasteiger partial charge is 0.113 e. The van der Waals surface area contributed by atoms with Crippen LogP contribution in [0.5, 0.6) is 0 Å². The molecule has 3 heteroatoms. The molecule has 0 saturated carbocycles. The van der Waals surface area contributed by atoms with Gasteiger partial charge in [0.15, 0.2) is 0 Å². The zero-order valence-corrected chi connectivity index (χ0v) is 25.1. The fraction of sp³-hybridized carbons (Fsp3) is 0.0500. The minimum absolute atomic E-state index is 1.03. The summed E-state index contributed by atoms with van der Waals surface area (Å²) in [4.78, 5) is 10.2. The van der Waals surface area contributed by atoms with Crippen molar-refractivity contribution < 1.29 is 0 Å². The van der Waals surface area contributed by atoms with Gasteiger partial charge in [-0.1, -0.05) is 116 Å². The molecule has 8 aromatic rings. The van der Waals surface area contributed by atoms with Gasteiger partial charge in [-0.3, -0.25) is 9.97 Å². The Morgan fingerprint density at radius 3 is 1.51 bits per heavy atom. The number of pyridine rings is 2. The Bertz CT molecular complexity index is 2430. The van der Waals surface area contributed by atoms with Crippen molar-refractivity contribution in [3.05, 3.63) is 134 Å². The van der Waals surface area contributed by atoms with Crippen molar-refractivity contribution in [3.63, 3.8) is 0 Å². The van der Waals surface area contributed by atoms with Crippen LogP contribution >= 0.6 is 0 Å². The van der Waals surface area contributed by atoms with E-state index < -0.39 is 8.07 Å². The van der Waals surface area contributed by atoms with E-state index in [4.69, 9.17) is 9.97 Å². The van der Waals surface area contributed by atoms with Gasteiger partial charge >= 0.3 is 0 Å². The van der Waals surface area contributed by atoms with Gasteiger partial charge in [0.2, 0.25) is 0 Å². The van der Waals surface area contributed by atoms with E-state index >= 15 is 0 Å². The summed E-state index contributed by atoms with van der Waals surface area (Å²) in [5.41, 5.74) is 7.21. The van der Waals surface area contributed by atoms with Gasteiger partial charge in [-0.25, -0.2) is 0 Å². The van der Waals surface area contributed by atoms with Gasteiger partial charge in [-0.05, 0) is 72.0 Å².